The number of hydrogen-bond donors (Lipinski definition) is 0. The van der Waals surface area contributed by atoms with Crippen LogP contribution in [0.4, 0.5) is 0 Å². The highest BCUT2D eigenvalue weighted by Crippen LogP contribution is 2.11. The fourth-order valence-electron chi connectivity index (χ4n) is 1.00. The Hall–Kier alpha value is -0.980. The van der Waals surface area contributed by atoms with Gasteiger partial charge < -0.3 is 4.74 Å². The van der Waals surface area contributed by atoms with Crippen molar-refractivity contribution in [3.8, 4) is 0 Å². The molecule has 0 fully saturated rings. The third-order valence-corrected chi connectivity index (χ3v) is 1.56. The van der Waals surface area contributed by atoms with Crippen LogP contribution >= 0.6 is 0 Å². The van der Waals surface area contributed by atoms with Gasteiger partial charge in [-0.2, -0.15) is 0 Å². The van der Waals surface area contributed by atoms with Crippen LogP contribution < -0.4 is 0 Å². The molecule has 0 bridgehead atoms. The second-order valence-corrected chi connectivity index (χ2v) is 2.58. The van der Waals surface area contributed by atoms with E-state index >= 15 is 0 Å². The monoisotopic (exact) mass is 150 g/mol. The third-order valence-electron chi connectivity index (χ3n) is 1.56. The predicted octanol–water partition coefficient (Wildman–Crippen LogP) is 2.81. The Kier molecular flexibility index (Phi) is 2.96. The van der Waals surface area contributed by atoms with Crippen molar-refractivity contribution < 1.29 is 4.74 Å². The van der Waals surface area contributed by atoms with Crippen LogP contribution in [-0.2, 0) is 4.74 Å². The molecule has 0 radical (unpaired) electrons. The van der Waals surface area contributed by atoms with E-state index in [1.165, 1.54) is 5.57 Å². The van der Waals surface area contributed by atoms with E-state index < -0.39 is 0 Å². The number of ether oxygens (including phenoxy) is 1. The van der Waals surface area contributed by atoms with E-state index in [2.05, 4.69) is 25.2 Å². The molecule has 0 N–H and O–H groups in total. The van der Waals surface area contributed by atoms with Gasteiger partial charge in [0.1, 0.15) is 0 Å². The van der Waals surface area contributed by atoms with Crippen molar-refractivity contribution in [1.82, 2.24) is 0 Å². The van der Waals surface area contributed by atoms with E-state index in [1.807, 2.05) is 13.0 Å². The van der Waals surface area contributed by atoms with Gasteiger partial charge >= 0.3 is 0 Å². The molecule has 0 amide bonds. The standard InChI is InChI=1S/C10H14O/c1-3-11-10-6-4-5-9(2)7-8-10/h4-5,7-8H,3,6H2,1-2H3. The minimum Gasteiger partial charge on any atom is -0.498 e. The first kappa shape index (κ1) is 8.12. The summed E-state index contributed by atoms with van der Waals surface area (Å²) in [5.74, 6) is 1.06. The summed E-state index contributed by atoms with van der Waals surface area (Å²) in [5.41, 5.74) is 1.28. The van der Waals surface area contributed by atoms with E-state index in [-0.39, 0.29) is 0 Å². The minimum absolute atomic E-state index is 0.757. The van der Waals surface area contributed by atoms with Gasteiger partial charge in [-0.15, -0.1) is 0 Å². The Morgan fingerprint density at radius 2 is 2.27 bits per heavy atom. The summed E-state index contributed by atoms with van der Waals surface area (Å²) in [4.78, 5) is 0. The van der Waals surface area contributed by atoms with Gasteiger partial charge in [-0.05, 0) is 19.9 Å². The quantitative estimate of drug-likeness (QED) is 0.588. The first-order valence-corrected chi connectivity index (χ1v) is 3.99. The second kappa shape index (κ2) is 4.02. The molecular weight excluding hydrogens is 136 g/mol. The molecule has 0 saturated carbocycles. The summed E-state index contributed by atoms with van der Waals surface area (Å²) in [6, 6.07) is 0. The fraction of sp³-hybridized carbons (Fsp3) is 0.400. The molecule has 0 atom stereocenters. The minimum atomic E-state index is 0.757. The van der Waals surface area contributed by atoms with Crippen LogP contribution in [0.3, 0.4) is 0 Å². The SMILES string of the molecule is CCOC1=CC=C(C)C=CC1. The topological polar surface area (TPSA) is 9.23 Å². The van der Waals surface area contributed by atoms with Gasteiger partial charge in [-0.25, -0.2) is 0 Å². The predicted molar refractivity (Wildman–Crippen MR) is 47.2 cm³/mol. The Balaban J connectivity index is 2.62. The fourth-order valence-corrected chi connectivity index (χ4v) is 1.00. The normalized spacial score (nSPS) is 16.9. The van der Waals surface area contributed by atoms with Crippen molar-refractivity contribution >= 4 is 0 Å². The number of hydrogen-bond acceptors (Lipinski definition) is 1. The summed E-state index contributed by atoms with van der Waals surface area (Å²) >= 11 is 0. The summed E-state index contributed by atoms with van der Waals surface area (Å²) in [5, 5.41) is 0. The first-order valence-electron chi connectivity index (χ1n) is 3.99. The molecule has 60 valence electrons. The van der Waals surface area contributed by atoms with Crippen LogP contribution in [0.5, 0.6) is 0 Å². The van der Waals surface area contributed by atoms with Gasteiger partial charge in [0.05, 0.1) is 12.4 Å². The van der Waals surface area contributed by atoms with Crippen molar-refractivity contribution in [3.05, 3.63) is 35.6 Å². The van der Waals surface area contributed by atoms with E-state index in [9.17, 15) is 0 Å². The highest BCUT2D eigenvalue weighted by atomic mass is 16.5. The van der Waals surface area contributed by atoms with Crippen molar-refractivity contribution in [2.45, 2.75) is 20.3 Å². The maximum Gasteiger partial charge on any atom is 0.0997 e. The maximum atomic E-state index is 5.38. The average molecular weight is 150 g/mol. The zero-order valence-electron chi connectivity index (χ0n) is 7.13. The molecule has 0 aromatic heterocycles. The largest absolute Gasteiger partial charge is 0.498 e. The molecule has 1 heteroatoms. The van der Waals surface area contributed by atoms with E-state index in [4.69, 9.17) is 4.74 Å². The molecule has 0 saturated heterocycles. The van der Waals surface area contributed by atoms with E-state index in [0.717, 1.165) is 18.8 Å². The highest BCUT2D eigenvalue weighted by molar-refractivity contribution is 5.27. The van der Waals surface area contributed by atoms with E-state index in [1.54, 1.807) is 0 Å². The Labute approximate surface area is 68.1 Å². The van der Waals surface area contributed by atoms with Gasteiger partial charge in [0.15, 0.2) is 0 Å². The lowest BCUT2D eigenvalue weighted by Crippen LogP contribution is -1.88. The lowest BCUT2D eigenvalue weighted by molar-refractivity contribution is 0.224. The number of rotatable bonds is 2. The third kappa shape index (κ3) is 2.62. The molecule has 1 rings (SSSR count). The molecule has 1 nitrogen and oxygen atoms in total. The van der Waals surface area contributed by atoms with Crippen LogP contribution in [0.1, 0.15) is 20.3 Å². The molecule has 0 spiro atoms. The van der Waals surface area contributed by atoms with Gasteiger partial charge in [-0.3, -0.25) is 0 Å². The van der Waals surface area contributed by atoms with Gasteiger partial charge in [-0.1, -0.05) is 23.8 Å². The maximum absolute atomic E-state index is 5.38. The first-order chi connectivity index (χ1) is 5.33. The zero-order valence-corrected chi connectivity index (χ0v) is 7.13. The molecule has 0 heterocycles. The molecule has 0 aromatic carbocycles. The summed E-state index contributed by atoms with van der Waals surface area (Å²) in [6.45, 7) is 4.85. The molecule has 11 heavy (non-hydrogen) atoms. The summed E-state index contributed by atoms with van der Waals surface area (Å²) < 4.78 is 5.38. The lowest BCUT2D eigenvalue weighted by Gasteiger charge is -2.02. The van der Waals surface area contributed by atoms with E-state index in [0.29, 0.717) is 0 Å². The van der Waals surface area contributed by atoms with Crippen LogP contribution in [0.2, 0.25) is 0 Å². The smallest absolute Gasteiger partial charge is 0.0997 e. The van der Waals surface area contributed by atoms with Crippen LogP contribution in [0.15, 0.2) is 35.6 Å². The average Bonchev–Trinajstić information content (AvgIpc) is 2.17. The van der Waals surface area contributed by atoms with Crippen molar-refractivity contribution in [2.75, 3.05) is 6.61 Å². The lowest BCUT2D eigenvalue weighted by atomic mass is 10.3. The zero-order chi connectivity index (χ0) is 8.10. The number of allylic oxidation sites excluding steroid dienone is 5. The Bertz CT molecular complexity index is 209. The molecule has 0 aliphatic heterocycles. The molecule has 1 aliphatic carbocycles. The molecule has 0 aromatic rings. The van der Waals surface area contributed by atoms with Crippen molar-refractivity contribution in [1.29, 1.82) is 0 Å². The summed E-state index contributed by atoms with van der Waals surface area (Å²) in [6.07, 6.45) is 9.28. The van der Waals surface area contributed by atoms with Crippen molar-refractivity contribution in [3.63, 3.8) is 0 Å². The Morgan fingerprint density at radius 3 is 3.00 bits per heavy atom. The van der Waals surface area contributed by atoms with Crippen LogP contribution in [0, 0.1) is 0 Å². The van der Waals surface area contributed by atoms with Crippen molar-refractivity contribution in [2.24, 2.45) is 0 Å². The Morgan fingerprint density at radius 1 is 1.45 bits per heavy atom. The highest BCUT2D eigenvalue weighted by Gasteiger charge is 1.95. The summed E-state index contributed by atoms with van der Waals surface area (Å²) in [7, 11) is 0. The van der Waals surface area contributed by atoms with Gasteiger partial charge in [0, 0.05) is 6.42 Å². The van der Waals surface area contributed by atoms with Crippen LogP contribution in [-0.4, -0.2) is 6.61 Å². The molecular formula is C10H14O. The van der Waals surface area contributed by atoms with Gasteiger partial charge in [0.2, 0.25) is 0 Å². The molecule has 1 aliphatic rings. The van der Waals surface area contributed by atoms with Crippen LogP contribution in [0.25, 0.3) is 0 Å². The second-order valence-electron chi connectivity index (χ2n) is 2.58. The molecule has 0 unspecified atom stereocenters. The van der Waals surface area contributed by atoms with Gasteiger partial charge in [0.25, 0.3) is 0 Å².